The molecule has 0 saturated carbocycles. The van der Waals surface area contributed by atoms with E-state index in [0.29, 0.717) is 0 Å². The summed E-state index contributed by atoms with van der Waals surface area (Å²) in [4.78, 5) is 6.12. The first kappa shape index (κ1) is 33.0. The molecule has 0 bridgehead atoms. The summed E-state index contributed by atoms with van der Waals surface area (Å²) in [5.74, 6) is 0. The van der Waals surface area contributed by atoms with E-state index in [9.17, 15) is 0 Å². The average Bonchev–Trinajstić information content (AvgIpc) is 3.93. The van der Waals surface area contributed by atoms with Crippen LogP contribution in [0.5, 0.6) is 0 Å². The van der Waals surface area contributed by atoms with Gasteiger partial charge in [-0.1, -0.05) is 62.8 Å². The van der Waals surface area contributed by atoms with Gasteiger partial charge in [-0.15, -0.1) is 68.0 Å². The standard InChI is InChI=1S/C20H16S4.C20H20S4.CH4.H2/c1-19(2)9-5-7-21-13(9)15-11(19)17-18(23-15)12-16(24-17)14-10(6-8-22-14)20(12,3)4;1-19(2,13-5-7-21-9-13)15-11-23-18-16(12-24-17(15)18)20(3,4)14-6-8-22-10-14;;/h5-8H,1-4H3;5-12H,1-4H3;1H4;1H/i;;;1+1D. The van der Waals surface area contributed by atoms with Gasteiger partial charge in [0.15, 0.2) is 0 Å². The third-order valence-corrected chi connectivity index (χ3v) is 19.2. The smallest absolute Gasteiger partial charge is 0.0508 e. The summed E-state index contributed by atoms with van der Waals surface area (Å²) in [6, 6.07) is 9.19. The molecule has 0 aromatic carbocycles. The van der Waals surface area contributed by atoms with Gasteiger partial charge in [-0.2, -0.15) is 22.7 Å². The van der Waals surface area contributed by atoms with Crippen LogP contribution in [0.15, 0.2) is 67.3 Å². The molecule has 0 amide bonds. The quantitative estimate of drug-likeness (QED) is 0.167. The fraction of sp³-hybridized carbons (Fsp3) is 0.317. The molecule has 8 aromatic heterocycles. The predicted octanol–water partition coefficient (Wildman–Crippen LogP) is 16.3. The van der Waals surface area contributed by atoms with Crippen LogP contribution in [0.4, 0.5) is 0 Å². The highest BCUT2D eigenvalue weighted by molar-refractivity contribution is 7.34. The van der Waals surface area contributed by atoms with E-state index in [-0.39, 0.29) is 29.1 Å². The molecule has 2 aliphatic rings. The number of thiophene rings is 8. The van der Waals surface area contributed by atoms with E-state index in [1.165, 1.54) is 52.5 Å². The van der Waals surface area contributed by atoms with Crippen molar-refractivity contribution in [1.82, 2.24) is 0 Å². The first-order chi connectivity index (χ1) is 23.8. The molecule has 0 nitrogen and oxygen atoms in total. The maximum atomic E-state index is 5.00. The minimum absolute atomic E-state index is 0. The highest BCUT2D eigenvalue weighted by atomic mass is 32.1. The van der Waals surface area contributed by atoms with Crippen LogP contribution < -0.4 is 0 Å². The van der Waals surface area contributed by atoms with Crippen molar-refractivity contribution < 1.29 is 2.97 Å². The van der Waals surface area contributed by atoms with Gasteiger partial charge < -0.3 is 0 Å². The van der Waals surface area contributed by atoms with Crippen molar-refractivity contribution in [3.8, 4) is 19.5 Å². The number of rotatable bonds is 4. The van der Waals surface area contributed by atoms with E-state index in [0.717, 1.165) is 0 Å². The lowest BCUT2D eigenvalue weighted by Crippen LogP contribution is -2.17. The zero-order valence-electron chi connectivity index (χ0n) is 30.2. The summed E-state index contributed by atoms with van der Waals surface area (Å²) in [6.07, 6.45) is 0. The normalized spacial score (nSPS) is 15.7. The Kier molecular flexibility index (Phi) is 7.78. The molecule has 254 valence electrons. The molecule has 8 aromatic rings. The number of fused-ring (bicyclic) bond motifs is 10. The summed E-state index contributed by atoms with van der Waals surface area (Å²) in [5.41, 5.74) is 12.4. The lowest BCUT2D eigenvalue weighted by atomic mass is 9.79. The maximum Gasteiger partial charge on any atom is 0.0508 e. The van der Waals surface area contributed by atoms with E-state index in [2.05, 4.69) is 123 Å². The van der Waals surface area contributed by atoms with E-state index in [4.69, 9.17) is 2.97 Å². The molecule has 0 aliphatic heterocycles. The van der Waals surface area contributed by atoms with Gasteiger partial charge in [-0.05, 0) is 112 Å². The monoisotopic (exact) mass is 792 g/mol. The SMILES string of the molecule is C.CC(C)(c1ccsc1)c1csc2c(C(C)(C)c3ccsc3)csc12.CC1(C)c2ccsc2-c2sc3c4c(sc3c21)-c1sccc1C4(C)C.[2H][2H]. The summed E-state index contributed by atoms with van der Waals surface area (Å²) in [6.45, 7) is 19.0. The van der Waals surface area contributed by atoms with Gasteiger partial charge in [0.25, 0.3) is 0 Å². The highest BCUT2D eigenvalue weighted by Crippen LogP contribution is 2.64. The molecule has 8 heterocycles. The first-order valence-corrected chi connectivity index (χ1v) is 23.2. The molecule has 10 rings (SSSR count). The fourth-order valence-electron chi connectivity index (χ4n) is 7.85. The van der Waals surface area contributed by atoms with Crippen molar-refractivity contribution in [3.05, 3.63) is 112 Å². The second-order valence-corrected chi connectivity index (χ2v) is 22.3. The molecule has 0 atom stereocenters. The Labute approximate surface area is 325 Å². The zero-order chi connectivity index (χ0) is 35.4. The molecule has 0 radical (unpaired) electrons. The summed E-state index contributed by atoms with van der Waals surface area (Å²) >= 11 is 15.3. The van der Waals surface area contributed by atoms with Gasteiger partial charge in [0.05, 0.1) is 19.2 Å². The second kappa shape index (κ2) is 11.6. The van der Waals surface area contributed by atoms with Crippen LogP contribution in [-0.2, 0) is 21.7 Å². The van der Waals surface area contributed by atoms with Crippen molar-refractivity contribution in [1.29, 1.82) is 0 Å². The summed E-state index contributed by atoms with van der Waals surface area (Å²) < 4.78 is 16.0. The van der Waals surface area contributed by atoms with Crippen LogP contribution in [0, 0.1) is 0 Å². The van der Waals surface area contributed by atoms with E-state index >= 15 is 0 Å². The Morgan fingerprint density at radius 1 is 0.510 bits per heavy atom. The molecule has 0 unspecified atom stereocenters. The van der Waals surface area contributed by atoms with Gasteiger partial charge in [0.2, 0.25) is 0 Å². The van der Waals surface area contributed by atoms with Crippen LogP contribution in [0.3, 0.4) is 0 Å². The highest BCUT2D eigenvalue weighted by Gasteiger charge is 2.45. The van der Waals surface area contributed by atoms with E-state index in [1.807, 2.05) is 68.0 Å². The molecule has 49 heavy (non-hydrogen) atoms. The molecule has 0 fully saturated rings. The summed E-state index contributed by atoms with van der Waals surface area (Å²) in [5, 5.41) is 18.2. The lowest BCUT2D eigenvalue weighted by Gasteiger charge is -2.23. The minimum Gasteiger partial charge on any atom is -0.152 e. The fourth-order valence-corrected chi connectivity index (χ4v) is 18.5. The molecule has 8 heteroatoms. The third-order valence-electron chi connectivity index (χ3n) is 11.0. The van der Waals surface area contributed by atoms with Crippen molar-refractivity contribution in [2.75, 3.05) is 0 Å². The van der Waals surface area contributed by atoms with Crippen molar-refractivity contribution >= 4 is 109 Å². The molecule has 0 saturated heterocycles. The Morgan fingerprint density at radius 2 is 0.918 bits per heavy atom. The lowest BCUT2D eigenvalue weighted by molar-refractivity contribution is 0.650. The van der Waals surface area contributed by atoms with Crippen molar-refractivity contribution in [2.24, 2.45) is 0 Å². The first-order valence-electron chi connectivity index (χ1n) is 17.2. The Hall–Kier alpha value is -1.88. The van der Waals surface area contributed by atoms with Gasteiger partial charge in [0.1, 0.15) is 0 Å². The maximum absolute atomic E-state index is 5.00. The predicted molar refractivity (Wildman–Crippen MR) is 232 cm³/mol. The van der Waals surface area contributed by atoms with E-state index in [1.54, 1.807) is 53.0 Å². The number of hydrogen-bond donors (Lipinski definition) is 0. The topological polar surface area (TPSA) is 0 Å². The Balaban J connectivity index is 0.000000149. The zero-order valence-corrected chi connectivity index (χ0v) is 34.7. The van der Waals surface area contributed by atoms with E-state index < -0.39 is 0 Å². The minimum atomic E-state index is 0. The molecular formula is C41H42S8. The molecule has 0 N–H and O–H groups in total. The van der Waals surface area contributed by atoms with Crippen LogP contribution >= 0.6 is 90.7 Å². The molecule has 2 aliphatic carbocycles. The van der Waals surface area contributed by atoms with Crippen molar-refractivity contribution in [2.45, 2.75) is 84.5 Å². The number of hydrogen-bond acceptors (Lipinski definition) is 8. The van der Waals surface area contributed by atoms with Crippen LogP contribution in [0.2, 0.25) is 0 Å². The molecular weight excluding hydrogens is 749 g/mol. The Bertz CT molecular complexity index is 2290. The largest absolute Gasteiger partial charge is 0.152 e. The molecule has 0 spiro atoms. The van der Waals surface area contributed by atoms with Gasteiger partial charge in [0, 0.05) is 43.8 Å². The van der Waals surface area contributed by atoms with Crippen molar-refractivity contribution in [3.63, 3.8) is 0 Å². The van der Waals surface area contributed by atoms with Gasteiger partial charge in [-0.3, -0.25) is 0 Å². The second-order valence-electron chi connectivity index (χ2n) is 15.1. The van der Waals surface area contributed by atoms with Gasteiger partial charge in [-0.25, -0.2) is 0 Å². The average molecular weight is 793 g/mol. The van der Waals surface area contributed by atoms with Crippen LogP contribution in [0.1, 0.15) is 110 Å². The van der Waals surface area contributed by atoms with Crippen LogP contribution in [-0.4, -0.2) is 0 Å². The Morgan fingerprint density at radius 3 is 1.29 bits per heavy atom. The third kappa shape index (κ3) is 4.71. The summed E-state index contributed by atoms with van der Waals surface area (Å²) in [7, 11) is 0. The van der Waals surface area contributed by atoms with Crippen LogP contribution in [0.25, 0.3) is 38.3 Å². The van der Waals surface area contributed by atoms with Gasteiger partial charge >= 0.3 is 0 Å².